The van der Waals surface area contributed by atoms with E-state index in [2.05, 4.69) is 6.07 Å². The number of aromatic nitrogens is 1. The number of amides is 1. The van der Waals surface area contributed by atoms with Gasteiger partial charge in [-0.15, -0.1) is 0 Å². The Morgan fingerprint density at radius 1 is 1.19 bits per heavy atom. The number of aryl methyl sites for hydroxylation is 2. The second kappa shape index (κ2) is 9.76. The summed E-state index contributed by atoms with van der Waals surface area (Å²) in [5.74, 6) is -0.630. The first-order chi connectivity index (χ1) is 17.2. The molecule has 188 valence electrons. The van der Waals surface area contributed by atoms with E-state index in [-0.39, 0.29) is 23.9 Å². The average molecular weight is 528 g/mol. The van der Waals surface area contributed by atoms with Gasteiger partial charge in [0.2, 0.25) is 15.9 Å². The summed E-state index contributed by atoms with van der Waals surface area (Å²) in [5, 5.41) is 0.551. The zero-order valence-corrected chi connectivity index (χ0v) is 21.6. The molecular weight excluding hydrogens is 501 g/mol. The van der Waals surface area contributed by atoms with Crippen LogP contribution in [0.3, 0.4) is 0 Å². The number of nitrogens with zero attached hydrogens (tertiary/aromatic N) is 3. The summed E-state index contributed by atoms with van der Waals surface area (Å²) in [7, 11) is -3.85. The lowest BCUT2D eigenvalue weighted by molar-refractivity contribution is -0.123. The summed E-state index contributed by atoms with van der Waals surface area (Å²) in [5.41, 5.74) is 3.09. The number of sulfonamides is 1. The van der Waals surface area contributed by atoms with Crippen LogP contribution in [0.15, 0.2) is 64.1 Å². The molecule has 2 aromatic carbocycles. The molecule has 0 radical (unpaired) electrons. The number of halogens is 1. The van der Waals surface area contributed by atoms with Gasteiger partial charge in [-0.25, -0.2) is 17.8 Å². The van der Waals surface area contributed by atoms with Gasteiger partial charge in [0.05, 0.1) is 33.8 Å². The molecule has 5 rings (SSSR count). The van der Waals surface area contributed by atoms with Gasteiger partial charge in [-0.2, -0.15) is 4.31 Å². The van der Waals surface area contributed by atoms with Crippen LogP contribution in [-0.2, 0) is 21.4 Å². The third-order valence-corrected chi connectivity index (χ3v) is 9.49. The number of anilines is 1. The van der Waals surface area contributed by atoms with E-state index in [4.69, 9.17) is 9.40 Å². The molecule has 1 atom stereocenters. The van der Waals surface area contributed by atoms with Gasteiger partial charge in [-0.1, -0.05) is 11.3 Å². The maximum atomic E-state index is 13.9. The van der Waals surface area contributed by atoms with Gasteiger partial charge in [0.15, 0.2) is 5.13 Å². The summed E-state index contributed by atoms with van der Waals surface area (Å²) in [6.45, 7) is 4.62. The largest absolute Gasteiger partial charge is 0.467 e. The van der Waals surface area contributed by atoms with Crippen LogP contribution in [0.4, 0.5) is 9.52 Å². The number of carbonyl (C=O) groups excluding carboxylic acids is 1. The average Bonchev–Trinajstić information content (AvgIpc) is 3.52. The fourth-order valence-electron chi connectivity index (χ4n) is 4.42. The van der Waals surface area contributed by atoms with Crippen LogP contribution >= 0.6 is 11.3 Å². The van der Waals surface area contributed by atoms with Crippen LogP contribution in [0, 0.1) is 25.6 Å². The third-order valence-electron chi connectivity index (χ3n) is 6.57. The summed E-state index contributed by atoms with van der Waals surface area (Å²) in [6, 6.07) is 12.4. The smallest absolute Gasteiger partial charge is 0.243 e. The minimum atomic E-state index is -3.85. The highest BCUT2D eigenvalue weighted by molar-refractivity contribution is 7.89. The van der Waals surface area contributed by atoms with Crippen LogP contribution < -0.4 is 4.90 Å². The fraction of sp³-hybridized carbons (Fsp3) is 0.308. The van der Waals surface area contributed by atoms with Gasteiger partial charge in [0.1, 0.15) is 11.6 Å². The van der Waals surface area contributed by atoms with Crippen molar-refractivity contribution in [1.29, 1.82) is 0 Å². The fourth-order valence-corrected chi connectivity index (χ4v) is 6.99. The maximum Gasteiger partial charge on any atom is 0.243 e. The van der Waals surface area contributed by atoms with E-state index >= 15 is 0 Å². The Bertz CT molecular complexity index is 1460. The molecular formula is C26H26FN3O4S2. The standard InChI is InChI=1S/C26H26FN3O4S2/c1-17-13-23-24(14-18(17)2)35-26(28-23)30(16-21-6-4-12-34-21)25(31)19-5-3-11-29(15-19)36(32,33)22-9-7-20(27)8-10-22/h4,6-10,12-14,19H,3,5,11,15-16H2,1-2H3. The molecule has 2 aromatic heterocycles. The number of thiazole rings is 1. The minimum Gasteiger partial charge on any atom is -0.467 e. The van der Waals surface area contributed by atoms with E-state index in [0.717, 1.165) is 33.5 Å². The number of piperidine rings is 1. The molecule has 0 bridgehead atoms. The molecule has 1 unspecified atom stereocenters. The molecule has 36 heavy (non-hydrogen) atoms. The molecule has 0 saturated carbocycles. The lowest BCUT2D eigenvalue weighted by atomic mass is 9.98. The zero-order chi connectivity index (χ0) is 25.4. The number of hydrogen-bond acceptors (Lipinski definition) is 6. The van der Waals surface area contributed by atoms with Crippen molar-refractivity contribution in [3.05, 3.63) is 77.5 Å². The summed E-state index contributed by atoms with van der Waals surface area (Å²) < 4.78 is 47.6. The second-order valence-electron chi connectivity index (χ2n) is 9.06. The monoisotopic (exact) mass is 527 g/mol. The topological polar surface area (TPSA) is 83.7 Å². The third kappa shape index (κ3) is 4.80. The van der Waals surface area contributed by atoms with Gasteiger partial charge in [-0.3, -0.25) is 9.69 Å². The molecule has 1 saturated heterocycles. The number of furan rings is 1. The first kappa shape index (κ1) is 24.6. The number of fused-ring (bicyclic) bond motifs is 1. The van der Waals surface area contributed by atoms with Gasteiger partial charge >= 0.3 is 0 Å². The Kier molecular flexibility index (Phi) is 6.67. The Labute approximate surface area is 213 Å². The predicted octanol–water partition coefficient (Wildman–Crippen LogP) is 5.28. The molecule has 0 spiro atoms. The van der Waals surface area contributed by atoms with Crippen molar-refractivity contribution in [3.63, 3.8) is 0 Å². The highest BCUT2D eigenvalue weighted by Crippen LogP contribution is 2.34. The summed E-state index contributed by atoms with van der Waals surface area (Å²) in [6.07, 6.45) is 2.66. The number of rotatable bonds is 6. The Hall–Kier alpha value is -3.08. The van der Waals surface area contributed by atoms with Crippen molar-refractivity contribution in [2.24, 2.45) is 5.92 Å². The molecule has 7 nitrogen and oxygen atoms in total. The zero-order valence-electron chi connectivity index (χ0n) is 20.0. The lowest BCUT2D eigenvalue weighted by Crippen LogP contribution is -2.46. The van der Waals surface area contributed by atoms with Crippen molar-refractivity contribution >= 4 is 42.6 Å². The van der Waals surface area contributed by atoms with Crippen LogP contribution in [0.1, 0.15) is 29.7 Å². The molecule has 1 aliphatic heterocycles. The van der Waals surface area contributed by atoms with E-state index in [0.29, 0.717) is 30.3 Å². The Morgan fingerprint density at radius 3 is 2.67 bits per heavy atom. The highest BCUT2D eigenvalue weighted by Gasteiger charge is 2.36. The molecule has 1 fully saturated rings. The van der Waals surface area contributed by atoms with Crippen molar-refractivity contribution in [3.8, 4) is 0 Å². The maximum absolute atomic E-state index is 13.9. The van der Waals surface area contributed by atoms with Gasteiger partial charge in [0.25, 0.3) is 0 Å². The van der Waals surface area contributed by atoms with Crippen LogP contribution in [0.25, 0.3) is 10.2 Å². The van der Waals surface area contributed by atoms with Crippen molar-refractivity contribution in [2.75, 3.05) is 18.0 Å². The quantitative estimate of drug-likeness (QED) is 0.341. The number of benzene rings is 2. The Balaban J connectivity index is 1.45. The normalized spacial score (nSPS) is 16.9. The van der Waals surface area contributed by atoms with Crippen LogP contribution in [0.5, 0.6) is 0 Å². The molecule has 1 aliphatic rings. The Morgan fingerprint density at radius 2 is 1.94 bits per heavy atom. The van der Waals surface area contributed by atoms with Crippen LogP contribution in [-0.4, -0.2) is 36.7 Å². The van der Waals surface area contributed by atoms with E-state index in [9.17, 15) is 17.6 Å². The molecule has 3 heterocycles. The lowest BCUT2D eigenvalue weighted by Gasteiger charge is -2.33. The van der Waals surface area contributed by atoms with Crippen molar-refractivity contribution in [2.45, 2.75) is 38.1 Å². The van der Waals surface area contributed by atoms with Crippen molar-refractivity contribution < 1.29 is 22.0 Å². The molecule has 10 heteroatoms. The van der Waals surface area contributed by atoms with Gasteiger partial charge in [-0.05, 0) is 86.3 Å². The molecule has 4 aromatic rings. The van der Waals surface area contributed by atoms with E-state index in [1.165, 1.54) is 27.8 Å². The molecule has 1 amide bonds. The van der Waals surface area contributed by atoms with E-state index in [1.54, 1.807) is 23.3 Å². The molecule has 0 aliphatic carbocycles. The number of carbonyl (C=O) groups is 1. The van der Waals surface area contributed by atoms with E-state index in [1.807, 2.05) is 19.9 Å². The van der Waals surface area contributed by atoms with E-state index < -0.39 is 21.8 Å². The van der Waals surface area contributed by atoms with Gasteiger partial charge < -0.3 is 4.42 Å². The van der Waals surface area contributed by atoms with Gasteiger partial charge in [0, 0.05) is 13.1 Å². The minimum absolute atomic E-state index is 0.0151. The second-order valence-corrected chi connectivity index (χ2v) is 12.0. The van der Waals surface area contributed by atoms with Crippen LogP contribution in [0.2, 0.25) is 0 Å². The number of hydrogen-bond donors (Lipinski definition) is 0. The first-order valence-electron chi connectivity index (χ1n) is 11.7. The highest BCUT2D eigenvalue weighted by atomic mass is 32.2. The predicted molar refractivity (Wildman–Crippen MR) is 137 cm³/mol. The molecule has 0 N–H and O–H groups in total. The summed E-state index contributed by atoms with van der Waals surface area (Å²) in [4.78, 5) is 20.2. The first-order valence-corrected chi connectivity index (χ1v) is 14.0. The van der Waals surface area contributed by atoms with Crippen molar-refractivity contribution in [1.82, 2.24) is 9.29 Å². The summed E-state index contributed by atoms with van der Waals surface area (Å²) >= 11 is 1.43. The SMILES string of the molecule is Cc1cc2nc(N(Cc3ccco3)C(=O)C3CCCN(S(=O)(=O)c4ccc(F)cc4)C3)sc2cc1C.